The number of pyridine rings is 1. The summed E-state index contributed by atoms with van der Waals surface area (Å²) in [7, 11) is 0. The topological polar surface area (TPSA) is 64.5 Å². The third kappa shape index (κ3) is 6.52. The SMILES string of the molecule is c1ccc(-c2ccc(-c3cc(-c4ccc(-c5ccc6c(c5)nc(-c5ccccc5)c5ccc7nsnc7c56)cc4)nc(-c4ccc(-c5ccccc5)cc4)n3)cc2)cc1. The summed E-state index contributed by atoms with van der Waals surface area (Å²) >= 11 is 1.25. The van der Waals surface area contributed by atoms with Crippen LogP contribution < -0.4 is 0 Å². The molecule has 0 fully saturated rings. The number of hydrogen-bond acceptors (Lipinski definition) is 6. The van der Waals surface area contributed by atoms with Gasteiger partial charge in [-0.2, -0.15) is 8.75 Å². The molecule has 3 aromatic heterocycles. The van der Waals surface area contributed by atoms with Crippen molar-refractivity contribution in [1.82, 2.24) is 23.7 Å². The van der Waals surface area contributed by atoms with Crippen molar-refractivity contribution in [3.05, 3.63) is 200 Å². The Balaban J connectivity index is 0.986. The lowest BCUT2D eigenvalue weighted by Crippen LogP contribution is -1.96. The Labute approximate surface area is 345 Å². The quantitative estimate of drug-likeness (QED) is 0.151. The zero-order chi connectivity index (χ0) is 39.1. The van der Waals surface area contributed by atoms with Gasteiger partial charge in [-0.05, 0) is 57.6 Å². The lowest BCUT2D eigenvalue weighted by Gasteiger charge is -2.13. The van der Waals surface area contributed by atoms with Crippen molar-refractivity contribution in [3.8, 4) is 78.5 Å². The van der Waals surface area contributed by atoms with E-state index in [4.69, 9.17) is 19.3 Å². The van der Waals surface area contributed by atoms with Crippen LogP contribution in [0.4, 0.5) is 0 Å². The highest BCUT2D eigenvalue weighted by Gasteiger charge is 2.17. The first-order chi connectivity index (χ1) is 29.2. The highest BCUT2D eigenvalue weighted by molar-refractivity contribution is 7.00. The fourth-order valence-electron chi connectivity index (χ4n) is 7.95. The van der Waals surface area contributed by atoms with Crippen LogP contribution in [-0.2, 0) is 0 Å². The van der Waals surface area contributed by atoms with Gasteiger partial charge in [-0.1, -0.05) is 176 Å². The Hall–Kier alpha value is -7.67. The van der Waals surface area contributed by atoms with Crippen LogP contribution in [0.2, 0.25) is 0 Å². The van der Waals surface area contributed by atoms with Crippen LogP contribution in [0.5, 0.6) is 0 Å². The fraction of sp³-hybridized carbons (Fsp3) is 0. The van der Waals surface area contributed by atoms with Gasteiger partial charge in [0, 0.05) is 38.4 Å². The molecule has 11 aromatic rings. The summed E-state index contributed by atoms with van der Waals surface area (Å²) in [5.74, 6) is 0.680. The lowest BCUT2D eigenvalue weighted by molar-refractivity contribution is 1.18. The van der Waals surface area contributed by atoms with Gasteiger partial charge < -0.3 is 0 Å². The molecule has 8 aromatic carbocycles. The third-order valence-corrected chi connectivity index (χ3v) is 11.6. The second-order valence-electron chi connectivity index (χ2n) is 14.6. The summed E-state index contributed by atoms with van der Waals surface area (Å²) in [6.45, 7) is 0. The maximum Gasteiger partial charge on any atom is 0.160 e. The average molecular weight is 772 g/mol. The molecule has 0 N–H and O–H groups in total. The maximum absolute atomic E-state index is 5.28. The first-order valence-electron chi connectivity index (χ1n) is 19.6. The summed E-state index contributed by atoms with van der Waals surface area (Å²) in [5.41, 5.74) is 16.3. The summed E-state index contributed by atoms with van der Waals surface area (Å²) < 4.78 is 9.28. The Morgan fingerprint density at radius 2 is 0.763 bits per heavy atom. The molecule has 5 nitrogen and oxygen atoms in total. The average Bonchev–Trinajstić information content (AvgIpc) is 3.81. The molecule has 0 bridgehead atoms. The summed E-state index contributed by atoms with van der Waals surface area (Å²) in [6.07, 6.45) is 0. The van der Waals surface area contributed by atoms with Gasteiger partial charge in [-0.25, -0.2) is 15.0 Å². The van der Waals surface area contributed by atoms with Crippen LogP contribution in [0, 0.1) is 0 Å². The van der Waals surface area contributed by atoms with Gasteiger partial charge in [0.15, 0.2) is 5.82 Å². The normalized spacial score (nSPS) is 11.4. The van der Waals surface area contributed by atoms with Crippen LogP contribution in [0.15, 0.2) is 200 Å². The molecular formula is C53H33N5S. The van der Waals surface area contributed by atoms with E-state index < -0.39 is 0 Å². The minimum atomic E-state index is 0.680. The largest absolute Gasteiger partial charge is 0.247 e. The second kappa shape index (κ2) is 14.7. The van der Waals surface area contributed by atoms with Crippen molar-refractivity contribution < 1.29 is 0 Å². The van der Waals surface area contributed by atoms with Gasteiger partial charge in [0.25, 0.3) is 0 Å². The van der Waals surface area contributed by atoms with Gasteiger partial charge in [0.05, 0.1) is 34.3 Å². The van der Waals surface area contributed by atoms with Gasteiger partial charge in [-0.3, -0.25) is 0 Å². The van der Waals surface area contributed by atoms with Gasteiger partial charge in [0.2, 0.25) is 0 Å². The molecule has 0 radical (unpaired) electrons. The van der Waals surface area contributed by atoms with E-state index in [2.05, 4.69) is 180 Å². The predicted molar refractivity (Wildman–Crippen MR) is 244 cm³/mol. The minimum absolute atomic E-state index is 0.680. The Morgan fingerprint density at radius 1 is 0.305 bits per heavy atom. The Kier molecular flexibility index (Phi) is 8.60. The molecule has 0 aliphatic carbocycles. The highest BCUT2D eigenvalue weighted by Crippen LogP contribution is 2.38. The smallest absolute Gasteiger partial charge is 0.160 e. The van der Waals surface area contributed by atoms with Crippen molar-refractivity contribution in [2.45, 2.75) is 0 Å². The van der Waals surface area contributed by atoms with E-state index in [-0.39, 0.29) is 0 Å². The van der Waals surface area contributed by atoms with Crippen LogP contribution in [0.25, 0.3) is 111 Å². The maximum atomic E-state index is 5.28. The van der Waals surface area contributed by atoms with E-state index in [1.807, 2.05) is 24.3 Å². The van der Waals surface area contributed by atoms with E-state index in [9.17, 15) is 0 Å². The van der Waals surface area contributed by atoms with Crippen molar-refractivity contribution in [1.29, 1.82) is 0 Å². The second-order valence-corrected chi connectivity index (χ2v) is 15.1. The molecule has 0 unspecified atom stereocenters. The molecule has 0 aliphatic rings. The van der Waals surface area contributed by atoms with Gasteiger partial charge in [-0.15, -0.1) is 0 Å². The predicted octanol–water partition coefficient (Wildman–Crippen LogP) is 13.9. The standard InChI is InChI=1S/C53H33N5S/c1-4-10-34(11-5-1)36-16-22-39(23-17-36)47-33-48(56-53(55-47)42-26-20-37(21-27-42)35-12-6-2-7-13-35)40-24-18-38(19-25-40)43-28-29-44-49(32-43)54-51(41-14-8-3-9-15-41)45-30-31-46-52(50(44)45)58-59-57-46/h1-33H. The first kappa shape index (κ1) is 34.6. The Morgan fingerprint density at radius 3 is 1.34 bits per heavy atom. The van der Waals surface area contributed by atoms with Crippen molar-refractivity contribution in [3.63, 3.8) is 0 Å². The molecule has 0 amide bonds. The van der Waals surface area contributed by atoms with Crippen LogP contribution in [0.3, 0.4) is 0 Å². The van der Waals surface area contributed by atoms with Crippen molar-refractivity contribution in [2.24, 2.45) is 0 Å². The molecule has 0 saturated carbocycles. The molecule has 3 heterocycles. The minimum Gasteiger partial charge on any atom is -0.247 e. The number of aromatic nitrogens is 5. The zero-order valence-electron chi connectivity index (χ0n) is 31.7. The molecule has 6 heteroatoms. The summed E-state index contributed by atoms with van der Waals surface area (Å²) in [6, 6.07) is 69.8. The van der Waals surface area contributed by atoms with E-state index in [1.165, 1.54) is 22.9 Å². The number of fused-ring (bicyclic) bond motifs is 5. The molecule has 59 heavy (non-hydrogen) atoms. The number of hydrogen-bond donors (Lipinski definition) is 0. The third-order valence-electron chi connectivity index (χ3n) is 11.0. The van der Waals surface area contributed by atoms with E-state index in [0.29, 0.717) is 5.82 Å². The van der Waals surface area contributed by atoms with E-state index >= 15 is 0 Å². The van der Waals surface area contributed by atoms with Crippen LogP contribution in [-0.4, -0.2) is 23.7 Å². The van der Waals surface area contributed by atoms with E-state index in [0.717, 1.165) is 94.3 Å². The molecule has 0 saturated heterocycles. The first-order valence-corrected chi connectivity index (χ1v) is 20.3. The highest BCUT2D eigenvalue weighted by atomic mass is 32.1. The summed E-state index contributed by atoms with van der Waals surface area (Å²) in [4.78, 5) is 15.6. The lowest BCUT2D eigenvalue weighted by atomic mass is 9.96. The van der Waals surface area contributed by atoms with Crippen LogP contribution >= 0.6 is 11.7 Å². The van der Waals surface area contributed by atoms with Crippen molar-refractivity contribution in [2.75, 3.05) is 0 Å². The zero-order valence-corrected chi connectivity index (χ0v) is 32.5. The molecule has 11 rings (SSSR count). The monoisotopic (exact) mass is 771 g/mol. The fourth-order valence-corrected chi connectivity index (χ4v) is 8.49. The molecule has 0 aliphatic heterocycles. The summed E-state index contributed by atoms with van der Waals surface area (Å²) in [5, 5.41) is 3.22. The molecule has 276 valence electrons. The molecular weight excluding hydrogens is 739 g/mol. The van der Waals surface area contributed by atoms with Crippen LogP contribution in [0.1, 0.15) is 0 Å². The van der Waals surface area contributed by atoms with Crippen molar-refractivity contribution >= 4 is 44.4 Å². The Bertz CT molecular complexity index is 3170. The number of nitrogens with zero attached hydrogens (tertiary/aromatic N) is 5. The molecule has 0 spiro atoms. The number of rotatable bonds is 7. The van der Waals surface area contributed by atoms with Gasteiger partial charge >= 0.3 is 0 Å². The number of benzene rings is 8. The molecule has 0 atom stereocenters. The van der Waals surface area contributed by atoms with E-state index in [1.54, 1.807) is 0 Å². The van der Waals surface area contributed by atoms with Gasteiger partial charge in [0.1, 0.15) is 11.0 Å².